The van der Waals surface area contributed by atoms with Crippen LogP contribution in [-0.4, -0.2) is 26.0 Å². The number of benzene rings is 3. The fourth-order valence-electron chi connectivity index (χ4n) is 3.90. The maximum Gasteiger partial charge on any atom is 0.240 e. The van der Waals surface area contributed by atoms with E-state index in [-0.39, 0.29) is 11.9 Å². The summed E-state index contributed by atoms with van der Waals surface area (Å²) >= 11 is 7.53. The number of amides is 1. The number of aryl methyl sites for hydroxylation is 1. The zero-order valence-corrected chi connectivity index (χ0v) is 19.5. The third-order valence-corrected chi connectivity index (χ3v) is 7.08. The summed E-state index contributed by atoms with van der Waals surface area (Å²) < 4.78 is 1.86. The minimum Gasteiger partial charge on any atom is -0.325 e. The fraction of sp³-hybridized carbons (Fsp3) is 0.160. The van der Waals surface area contributed by atoms with E-state index in [4.69, 9.17) is 11.6 Å². The molecule has 0 radical (unpaired) electrons. The monoisotopic (exact) mass is 475 g/mol. The molecule has 5 rings (SSSR count). The highest BCUT2D eigenvalue weighted by Gasteiger charge is 2.38. The van der Waals surface area contributed by atoms with Crippen LogP contribution in [0.1, 0.15) is 24.1 Å². The van der Waals surface area contributed by atoms with Gasteiger partial charge in [0.1, 0.15) is 5.25 Å². The van der Waals surface area contributed by atoms with Gasteiger partial charge in [0.25, 0.3) is 0 Å². The van der Waals surface area contributed by atoms with E-state index in [1.807, 2.05) is 83.5 Å². The molecule has 2 N–H and O–H groups in total. The van der Waals surface area contributed by atoms with Crippen LogP contribution >= 0.6 is 23.4 Å². The van der Waals surface area contributed by atoms with E-state index in [2.05, 4.69) is 27.9 Å². The maximum absolute atomic E-state index is 13.5. The molecule has 0 saturated carbocycles. The average molecular weight is 476 g/mol. The second-order valence-corrected chi connectivity index (χ2v) is 9.25. The highest BCUT2D eigenvalue weighted by Crippen LogP contribution is 2.39. The van der Waals surface area contributed by atoms with Crippen LogP contribution in [0.4, 0.5) is 5.69 Å². The summed E-state index contributed by atoms with van der Waals surface area (Å²) in [5, 5.41) is 12.7. The summed E-state index contributed by atoms with van der Waals surface area (Å²) in [6.45, 7) is 2.08. The zero-order chi connectivity index (χ0) is 22.8. The van der Waals surface area contributed by atoms with Crippen molar-refractivity contribution in [3.8, 4) is 11.4 Å². The van der Waals surface area contributed by atoms with Crippen molar-refractivity contribution < 1.29 is 4.79 Å². The van der Waals surface area contributed by atoms with Crippen molar-refractivity contribution in [2.24, 2.45) is 0 Å². The normalized spacial score (nSPS) is 17.2. The fourth-order valence-corrected chi connectivity index (χ4v) is 5.11. The van der Waals surface area contributed by atoms with E-state index in [0.29, 0.717) is 16.0 Å². The van der Waals surface area contributed by atoms with Gasteiger partial charge in [-0.1, -0.05) is 91.0 Å². The van der Waals surface area contributed by atoms with Crippen LogP contribution < -0.4 is 10.7 Å². The van der Waals surface area contributed by atoms with E-state index in [9.17, 15) is 4.79 Å². The third-order valence-electron chi connectivity index (χ3n) is 5.61. The van der Waals surface area contributed by atoms with Gasteiger partial charge in [-0.05, 0) is 35.7 Å². The Balaban J connectivity index is 1.52. The summed E-state index contributed by atoms with van der Waals surface area (Å²) in [6.07, 6.45) is 0.835. The van der Waals surface area contributed by atoms with Gasteiger partial charge in [0.2, 0.25) is 11.1 Å². The van der Waals surface area contributed by atoms with Gasteiger partial charge in [-0.15, -0.1) is 10.2 Å². The predicted molar refractivity (Wildman–Crippen MR) is 133 cm³/mol. The van der Waals surface area contributed by atoms with Gasteiger partial charge in [-0.3, -0.25) is 4.79 Å². The van der Waals surface area contributed by atoms with E-state index < -0.39 is 5.25 Å². The lowest BCUT2D eigenvalue weighted by atomic mass is 10.0. The number of anilines is 1. The molecule has 2 atom stereocenters. The second-order valence-electron chi connectivity index (χ2n) is 7.70. The number of nitrogens with zero attached hydrogens (tertiary/aromatic N) is 3. The number of nitrogens with one attached hydrogen (secondary N) is 2. The Morgan fingerprint density at radius 2 is 1.76 bits per heavy atom. The molecule has 0 spiro atoms. The topological polar surface area (TPSA) is 71.8 Å². The average Bonchev–Trinajstić information content (AvgIpc) is 3.27. The quantitative estimate of drug-likeness (QED) is 0.395. The highest BCUT2D eigenvalue weighted by molar-refractivity contribution is 8.00. The molecule has 6 nitrogen and oxygen atoms in total. The van der Waals surface area contributed by atoms with E-state index in [1.54, 1.807) is 0 Å². The third kappa shape index (κ3) is 4.34. The van der Waals surface area contributed by atoms with Crippen molar-refractivity contribution in [2.75, 3.05) is 10.7 Å². The van der Waals surface area contributed by atoms with Gasteiger partial charge in [0.15, 0.2) is 5.82 Å². The van der Waals surface area contributed by atoms with E-state index in [0.717, 1.165) is 28.8 Å². The largest absolute Gasteiger partial charge is 0.325 e. The number of carbonyl (C=O) groups is 1. The standard InChI is InChI=1S/C25H22ClN5OS/c1-2-16-8-6-7-11-20(16)27-24(32)22-21(17-12-14-19(26)15-13-17)30-31-23(28-29-25(31)33-22)18-9-4-3-5-10-18/h3-15,21-22,30H,2H2,1H3,(H,27,32). The molecule has 1 aliphatic rings. The Morgan fingerprint density at radius 1 is 1.03 bits per heavy atom. The highest BCUT2D eigenvalue weighted by atomic mass is 35.5. The molecule has 1 aliphatic heterocycles. The van der Waals surface area contributed by atoms with Crippen molar-refractivity contribution in [2.45, 2.75) is 29.8 Å². The van der Waals surface area contributed by atoms with Crippen LogP contribution in [0, 0.1) is 0 Å². The number of hydrogen-bond donors (Lipinski definition) is 2. The molecule has 1 aromatic heterocycles. The van der Waals surface area contributed by atoms with Crippen molar-refractivity contribution in [3.05, 3.63) is 95.0 Å². The molecule has 4 aromatic rings. The number of thioether (sulfide) groups is 1. The first-order valence-electron chi connectivity index (χ1n) is 10.7. The molecular formula is C25H22ClN5OS. The maximum atomic E-state index is 13.5. The molecule has 33 heavy (non-hydrogen) atoms. The molecular weight excluding hydrogens is 454 g/mol. The Hall–Kier alpha value is -3.29. The number of hydrogen-bond acceptors (Lipinski definition) is 5. The molecule has 0 fully saturated rings. The molecule has 0 aliphatic carbocycles. The Bertz CT molecular complexity index is 1280. The molecule has 1 amide bonds. The first-order chi connectivity index (χ1) is 16.1. The first kappa shape index (κ1) is 21.6. The van der Waals surface area contributed by atoms with Gasteiger partial charge in [-0.25, -0.2) is 4.68 Å². The summed E-state index contributed by atoms with van der Waals surface area (Å²) in [4.78, 5) is 13.5. The Labute approximate surface area is 201 Å². The van der Waals surface area contributed by atoms with Crippen molar-refractivity contribution in [3.63, 3.8) is 0 Å². The number of rotatable bonds is 5. The molecule has 8 heteroatoms. The van der Waals surface area contributed by atoms with Crippen LogP contribution in [0.5, 0.6) is 0 Å². The summed E-state index contributed by atoms with van der Waals surface area (Å²) in [5.41, 5.74) is 7.31. The van der Waals surface area contributed by atoms with Crippen LogP contribution in [0.25, 0.3) is 11.4 Å². The van der Waals surface area contributed by atoms with Gasteiger partial charge in [0.05, 0.1) is 6.04 Å². The molecule has 3 aromatic carbocycles. The minimum atomic E-state index is -0.462. The number of aromatic nitrogens is 3. The van der Waals surface area contributed by atoms with Crippen LogP contribution in [0.15, 0.2) is 84.0 Å². The second kappa shape index (κ2) is 9.29. The smallest absolute Gasteiger partial charge is 0.240 e. The van der Waals surface area contributed by atoms with Crippen LogP contribution in [0.2, 0.25) is 5.02 Å². The summed E-state index contributed by atoms with van der Waals surface area (Å²) in [7, 11) is 0. The van der Waals surface area contributed by atoms with E-state index in [1.165, 1.54) is 11.8 Å². The van der Waals surface area contributed by atoms with E-state index >= 15 is 0 Å². The zero-order valence-electron chi connectivity index (χ0n) is 17.9. The Morgan fingerprint density at radius 3 is 2.52 bits per heavy atom. The molecule has 2 heterocycles. The molecule has 0 bridgehead atoms. The van der Waals surface area contributed by atoms with Crippen molar-refractivity contribution >= 4 is 35.0 Å². The van der Waals surface area contributed by atoms with Crippen LogP contribution in [0.3, 0.4) is 0 Å². The van der Waals surface area contributed by atoms with Gasteiger partial charge >= 0.3 is 0 Å². The SMILES string of the molecule is CCc1ccccc1NC(=O)C1Sc2nnc(-c3ccccc3)n2NC1c1ccc(Cl)cc1. The Kier molecular flexibility index (Phi) is 6.07. The first-order valence-corrected chi connectivity index (χ1v) is 12.0. The van der Waals surface area contributed by atoms with Crippen molar-refractivity contribution in [1.29, 1.82) is 0 Å². The molecule has 166 valence electrons. The van der Waals surface area contributed by atoms with Gasteiger partial charge in [0, 0.05) is 16.3 Å². The summed E-state index contributed by atoms with van der Waals surface area (Å²) in [6, 6.07) is 25.0. The number of halogens is 1. The van der Waals surface area contributed by atoms with Gasteiger partial charge < -0.3 is 10.7 Å². The van der Waals surface area contributed by atoms with Crippen LogP contribution in [-0.2, 0) is 11.2 Å². The lowest BCUT2D eigenvalue weighted by molar-refractivity contribution is -0.116. The molecule has 0 saturated heterocycles. The predicted octanol–water partition coefficient (Wildman–Crippen LogP) is 5.56. The number of fused-ring (bicyclic) bond motifs is 1. The van der Waals surface area contributed by atoms with Gasteiger partial charge in [-0.2, -0.15) is 0 Å². The van der Waals surface area contributed by atoms with Crippen molar-refractivity contribution in [1.82, 2.24) is 14.9 Å². The molecule has 2 unspecified atom stereocenters. The number of carbonyl (C=O) groups excluding carboxylic acids is 1. The summed E-state index contributed by atoms with van der Waals surface area (Å²) in [5.74, 6) is 0.608. The lowest BCUT2D eigenvalue weighted by Crippen LogP contribution is -2.41. The minimum absolute atomic E-state index is 0.0936. The lowest BCUT2D eigenvalue weighted by Gasteiger charge is -2.33. The number of para-hydroxylation sites is 1.